The molecule has 0 amide bonds. The number of aliphatic hydroxyl groups excluding tert-OH is 3. The molecule has 1 unspecified atom stereocenters. The second-order valence-electron chi connectivity index (χ2n) is 24.1. The van der Waals surface area contributed by atoms with Gasteiger partial charge in [0.2, 0.25) is 0 Å². The summed E-state index contributed by atoms with van der Waals surface area (Å²) in [5, 5.41) is 77.6. The van der Waals surface area contributed by atoms with E-state index in [1.165, 1.54) is 25.8 Å². The normalized spacial score (nSPS) is 37.9. The van der Waals surface area contributed by atoms with Crippen molar-refractivity contribution in [1.29, 1.82) is 0 Å². The molecule has 0 radical (unpaired) electrons. The number of cyclic esters (lactones) is 1. The summed E-state index contributed by atoms with van der Waals surface area (Å²) < 4.78 is 56.3. The maximum Gasteiger partial charge on any atom is 0.309 e. The number of ether oxygens (including phenoxy) is 6. The molecule has 5 heterocycles. The van der Waals surface area contributed by atoms with Gasteiger partial charge in [0, 0.05) is 70.9 Å². The Morgan fingerprint density at radius 3 is 2.19 bits per heavy atom. The summed E-state index contributed by atoms with van der Waals surface area (Å²) in [6.07, 6.45) is -4.47. The van der Waals surface area contributed by atoms with Gasteiger partial charge >= 0.3 is 5.97 Å². The van der Waals surface area contributed by atoms with E-state index >= 15 is 4.39 Å². The second kappa shape index (κ2) is 26.5. The van der Waals surface area contributed by atoms with Gasteiger partial charge in [0.1, 0.15) is 48.8 Å². The molecule has 3 saturated heterocycles. The molecule has 0 bridgehead atoms. The molecule has 22 heteroatoms. The highest BCUT2D eigenvalue weighted by atomic mass is 19.1. The molecule has 0 saturated carbocycles. The van der Waals surface area contributed by atoms with Gasteiger partial charge in [-0.1, -0.05) is 50.3 Å². The van der Waals surface area contributed by atoms with Crippen LogP contribution >= 0.6 is 0 Å². The van der Waals surface area contributed by atoms with Crippen molar-refractivity contribution in [2.75, 3.05) is 62.2 Å². The lowest BCUT2D eigenvalue weighted by Gasteiger charge is -2.51. The third kappa shape index (κ3) is 14.3. The Hall–Kier alpha value is -3.62. The molecule has 0 aliphatic carbocycles. The number of rotatable bonds is 17. The van der Waals surface area contributed by atoms with Crippen molar-refractivity contribution < 1.29 is 63.1 Å². The highest BCUT2D eigenvalue weighted by Gasteiger charge is 2.55. The molecule has 5 N–H and O–H groups in total. The molecular weight excluding hydrogens is 1010 g/mol. The summed E-state index contributed by atoms with van der Waals surface area (Å²) in [6.45, 7) is 18.6. The Morgan fingerprint density at radius 2 is 1.58 bits per heavy atom. The van der Waals surface area contributed by atoms with E-state index in [4.69, 9.17) is 28.4 Å². The third-order valence-corrected chi connectivity index (χ3v) is 17.3. The van der Waals surface area contributed by atoms with Crippen LogP contribution in [-0.4, -0.2) is 222 Å². The molecule has 21 nitrogen and oxygen atoms in total. The van der Waals surface area contributed by atoms with Gasteiger partial charge in [-0.05, 0) is 119 Å². The average molecular weight is 1100 g/mol. The lowest BCUT2D eigenvalue weighted by molar-refractivity contribution is -0.302. The van der Waals surface area contributed by atoms with E-state index < -0.39 is 127 Å². The summed E-state index contributed by atoms with van der Waals surface area (Å²) in [5.74, 6) is -3.28. The highest BCUT2D eigenvalue weighted by Crippen LogP contribution is 2.45. The summed E-state index contributed by atoms with van der Waals surface area (Å²) in [5.41, 5.74) is -1.55. The van der Waals surface area contributed by atoms with Crippen LogP contribution in [0.1, 0.15) is 124 Å². The maximum absolute atomic E-state index is 15.0. The third-order valence-electron chi connectivity index (χ3n) is 17.3. The van der Waals surface area contributed by atoms with Crippen LogP contribution in [-0.2, 0) is 46.2 Å². The van der Waals surface area contributed by atoms with Crippen molar-refractivity contribution in [1.82, 2.24) is 44.7 Å². The first-order valence-corrected chi connectivity index (χ1v) is 27.9. The fraction of sp³-hybridized carbons (Fsp3) is 0.804. The van der Waals surface area contributed by atoms with Gasteiger partial charge in [0.25, 0.3) is 0 Å². The van der Waals surface area contributed by atoms with Gasteiger partial charge in [-0.2, -0.15) is 0 Å². The van der Waals surface area contributed by atoms with Crippen molar-refractivity contribution in [2.24, 2.45) is 23.7 Å². The number of alkyl halides is 1. The monoisotopic (exact) mass is 1100 g/mol. The van der Waals surface area contributed by atoms with Gasteiger partial charge in [-0.15, -0.1) is 10.2 Å². The first kappa shape index (κ1) is 63.6. The van der Waals surface area contributed by atoms with Crippen LogP contribution in [0.5, 0.6) is 0 Å². The van der Waals surface area contributed by atoms with E-state index in [-0.39, 0.29) is 25.2 Å². The number of hydrogen-bond acceptors (Lipinski definition) is 19. The SMILES string of the molecule is CC[C@H]1OC(=O)[C@H](C)[C@@H](C2C[C@@](C)(OC)[C@@H](O)[C@H](C)O2)[C@H](C)[C@@H](O[C@@H]2O[C@H](C)C[C@H](N(C)CCc3cn([C@H](CF)[C@H](OC)c4ccc(-n5cc(CN(C)C)nn5)cc4)nn3)[C@H]2O)[C@](C)(O)C[C@@H](C)CN(C)[C@H](C)[C@@H](O)[C@]1(C)O. The Kier molecular flexibility index (Phi) is 21.6. The minimum Gasteiger partial charge on any atom is -0.459 e. The fourth-order valence-corrected chi connectivity index (χ4v) is 12.7. The van der Waals surface area contributed by atoms with Crippen molar-refractivity contribution in [2.45, 2.75) is 204 Å². The van der Waals surface area contributed by atoms with E-state index in [2.05, 4.69) is 20.6 Å². The first-order chi connectivity index (χ1) is 36.6. The lowest BCUT2D eigenvalue weighted by atomic mass is 9.68. The van der Waals surface area contributed by atoms with Crippen LogP contribution in [0.4, 0.5) is 4.39 Å². The molecule has 1 aromatic carbocycles. The summed E-state index contributed by atoms with van der Waals surface area (Å²) in [4.78, 5) is 20.6. The van der Waals surface area contributed by atoms with E-state index in [9.17, 15) is 30.3 Å². The molecule has 442 valence electrons. The largest absolute Gasteiger partial charge is 0.459 e. The number of halogens is 1. The Bertz CT molecular complexity index is 2340. The summed E-state index contributed by atoms with van der Waals surface area (Å²) >= 11 is 0. The second-order valence-corrected chi connectivity index (χ2v) is 24.1. The molecule has 2 aromatic heterocycles. The van der Waals surface area contributed by atoms with Crippen LogP contribution < -0.4 is 0 Å². The Balaban J connectivity index is 1.25. The smallest absolute Gasteiger partial charge is 0.309 e. The van der Waals surface area contributed by atoms with Gasteiger partial charge in [-0.25, -0.2) is 13.8 Å². The van der Waals surface area contributed by atoms with Crippen LogP contribution in [0.3, 0.4) is 0 Å². The molecule has 20 atom stereocenters. The summed E-state index contributed by atoms with van der Waals surface area (Å²) in [6, 6.07) is 5.65. The van der Waals surface area contributed by atoms with Crippen LogP contribution in [0.15, 0.2) is 36.7 Å². The van der Waals surface area contributed by atoms with E-state index in [0.29, 0.717) is 38.2 Å². The van der Waals surface area contributed by atoms with Crippen molar-refractivity contribution in [3.63, 3.8) is 0 Å². The molecule has 3 aliphatic heterocycles. The number of carbonyl (C=O) groups excluding carboxylic acids is 1. The van der Waals surface area contributed by atoms with Gasteiger partial charge < -0.3 is 68.7 Å². The number of esters is 1. The van der Waals surface area contributed by atoms with Crippen LogP contribution in [0.2, 0.25) is 0 Å². The van der Waals surface area contributed by atoms with Gasteiger partial charge in [0.15, 0.2) is 6.29 Å². The summed E-state index contributed by atoms with van der Waals surface area (Å²) in [7, 11) is 10.7. The number of aromatic nitrogens is 6. The van der Waals surface area contributed by atoms with Crippen molar-refractivity contribution in [3.05, 3.63) is 53.6 Å². The lowest BCUT2D eigenvalue weighted by Crippen LogP contribution is -2.62. The quantitative estimate of drug-likeness (QED) is 0.120. The zero-order chi connectivity index (χ0) is 57.8. The molecule has 3 fully saturated rings. The fourth-order valence-electron chi connectivity index (χ4n) is 12.7. The van der Waals surface area contributed by atoms with Crippen molar-refractivity contribution >= 4 is 5.97 Å². The topological polar surface area (TPSA) is 245 Å². The maximum atomic E-state index is 15.0. The van der Waals surface area contributed by atoms with E-state index in [1.54, 1.807) is 52.4 Å². The standard InChI is InChI=1S/C56H94FN9O12/c1-17-45-56(10,72)49(68)36(6)64(14)28-32(2)25-54(8,71)51(34(4)46(35(5)52(70)77-45)44-26-55(9,74-16)50(69)37(7)76-44)78-53-47(67)42(24-33(3)75-53)63(13)23-22-39-30-66(61-58-39)43(27-57)48(73-15)38-18-20-41(21-19-38)65-31-40(59-60-65)29-62(11)12/h18-21,30-37,42-51,53,67-69,71-72H,17,22-29H2,1-16H3/t32-,33-,34+,35-,36-,37+,42+,43-,44?,45-,46+,47-,48-,49-,50+,51-,53+,54-,55-,56-/m1/s1. The Morgan fingerprint density at radius 1 is 0.910 bits per heavy atom. The molecule has 3 aliphatic rings. The minimum absolute atomic E-state index is 0.169. The highest BCUT2D eigenvalue weighted by molar-refractivity contribution is 5.73. The molecule has 3 aromatic rings. The average Bonchev–Trinajstić information content (AvgIpc) is 4.06. The van der Waals surface area contributed by atoms with E-state index in [1.807, 2.05) is 94.1 Å². The number of benzene rings is 1. The van der Waals surface area contributed by atoms with Gasteiger partial charge in [0.05, 0.1) is 64.8 Å². The minimum atomic E-state index is -1.83. The van der Waals surface area contributed by atoms with Crippen molar-refractivity contribution in [3.8, 4) is 5.69 Å². The molecule has 78 heavy (non-hydrogen) atoms. The predicted octanol–water partition coefficient (Wildman–Crippen LogP) is 3.92. The number of hydrogen-bond donors (Lipinski definition) is 5. The number of likely N-dealkylation sites (N-methyl/N-ethyl adjacent to an activating group) is 2. The zero-order valence-electron chi connectivity index (χ0n) is 49.1. The number of aliphatic hydroxyl groups is 5. The van der Waals surface area contributed by atoms with Crippen LogP contribution in [0, 0.1) is 23.7 Å². The van der Waals surface area contributed by atoms with Gasteiger partial charge in [-0.3, -0.25) is 4.79 Å². The predicted molar refractivity (Wildman–Crippen MR) is 289 cm³/mol. The Labute approximate surface area is 461 Å². The van der Waals surface area contributed by atoms with E-state index in [0.717, 1.165) is 16.9 Å². The van der Waals surface area contributed by atoms with Crippen LogP contribution in [0.25, 0.3) is 5.69 Å². The molecule has 0 spiro atoms. The first-order valence-electron chi connectivity index (χ1n) is 27.9. The molecular formula is C56H94FN9O12. The number of methoxy groups -OCH3 is 2. The molecule has 6 rings (SSSR count). The number of carbonyl (C=O) groups is 1. The number of nitrogens with zero attached hydrogens (tertiary/aromatic N) is 9. The zero-order valence-corrected chi connectivity index (χ0v) is 49.1.